The van der Waals surface area contributed by atoms with Crippen molar-refractivity contribution in [1.82, 2.24) is 4.98 Å². The van der Waals surface area contributed by atoms with Crippen LogP contribution in [0.5, 0.6) is 5.75 Å². The highest BCUT2D eigenvalue weighted by molar-refractivity contribution is 9.10. The van der Waals surface area contributed by atoms with Crippen LogP contribution in [0.4, 0.5) is 10.1 Å². The van der Waals surface area contributed by atoms with Crippen LogP contribution in [0, 0.1) is 12.7 Å². The van der Waals surface area contributed by atoms with Crippen molar-refractivity contribution in [2.45, 2.75) is 19.9 Å². The lowest BCUT2D eigenvalue weighted by Gasteiger charge is -2.16. The third kappa shape index (κ3) is 3.28. The number of ether oxygens (including phenoxy) is 1. The molecule has 5 heteroatoms. The average molecular weight is 339 g/mol. The van der Waals surface area contributed by atoms with E-state index in [1.165, 1.54) is 13.2 Å². The molecule has 2 rings (SSSR count). The third-order valence-electron chi connectivity index (χ3n) is 3.07. The van der Waals surface area contributed by atoms with Gasteiger partial charge in [-0.1, -0.05) is 6.07 Å². The number of nitrogens with one attached hydrogen (secondary N) is 1. The fourth-order valence-electron chi connectivity index (χ4n) is 1.92. The zero-order chi connectivity index (χ0) is 14.7. The number of hydrogen-bond donors (Lipinski definition) is 1. The van der Waals surface area contributed by atoms with Crippen LogP contribution in [0.3, 0.4) is 0 Å². The number of nitrogens with zero attached hydrogens (tertiary/aromatic N) is 1. The smallest absolute Gasteiger partial charge is 0.165 e. The molecule has 106 valence electrons. The number of rotatable bonds is 4. The van der Waals surface area contributed by atoms with Crippen LogP contribution in [0.25, 0.3) is 0 Å². The van der Waals surface area contributed by atoms with Gasteiger partial charge in [0.2, 0.25) is 0 Å². The van der Waals surface area contributed by atoms with Gasteiger partial charge in [0.1, 0.15) is 4.60 Å². The van der Waals surface area contributed by atoms with Gasteiger partial charge in [-0.05, 0) is 59.1 Å². The van der Waals surface area contributed by atoms with Gasteiger partial charge in [0.05, 0.1) is 19.0 Å². The molecule has 0 aliphatic rings. The van der Waals surface area contributed by atoms with Crippen molar-refractivity contribution < 1.29 is 9.13 Å². The quantitative estimate of drug-likeness (QED) is 0.835. The lowest BCUT2D eigenvalue weighted by molar-refractivity contribution is 0.386. The zero-order valence-electron chi connectivity index (χ0n) is 11.6. The van der Waals surface area contributed by atoms with Gasteiger partial charge in [0.15, 0.2) is 11.6 Å². The molecule has 0 amide bonds. The van der Waals surface area contributed by atoms with Gasteiger partial charge in [0, 0.05) is 6.04 Å². The van der Waals surface area contributed by atoms with Crippen LogP contribution in [-0.2, 0) is 0 Å². The highest BCUT2D eigenvalue weighted by atomic mass is 79.9. The molecule has 1 N–H and O–H groups in total. The molecule has 1 atom stereocenters. The molecule has 0 aliphatic carbocycles. The Bertz CT molecular complexity index is 619. The van der Waals surface area contributed by atoms with Crippen molar-refractivity contribution in [3.8, 4) is 5.75 Å². The Balaban J connectivity index is 2.17. The molecular formula is C15H16BrFN2O. The van der Waals surface area contributed by atoms with Gasteiger partial charge in [-0.15, -0.1) is 0 Å². The Hall–Kier alpha value is -1.62. The summed E-state index contributed by atoms with van der Waals surface area (Å²) in [4.78, 5) is 4.23. The van der Waals surface area contributed by atoms with Crippen molar-refractivity contribution in [3.05, 3.63) is 52.0 Å². The minimum absolute atomic E-state index is 0.0298. The molecule has 0 saturated carbocycles. The molecule has 2 aromatic rings. The molecular weight excluding hydrogens is 323 g/mol. The number of methoxy groups -OCH3 is 1. The van der Waals surface area contributed by atoms with Crippen molar-refractivity contribution in [2.24, 2.45) is 0 Å². The SMILES string of the molecule is COc1ccc(C(C)Nc2cnc(Br)c(C)c2)cc1F. The summed E-state index contributed by atoms with van der Waals surface area (Å²) in [5.74, 6) is -0.106. The first kappa shape index (κ1) is 14.8. The minimum atomic E-state index is -0.358. The van der Waals surface area contributed by atoms with Gasteiger partial charge < -0.3 is 10.1 Å². The summed E-state index contributed by atoms with van der Waals surface area (Å²) < 4.78 is 19.4. The molecule has 0 spiro atoms. The summed E-state index contributed by atoms with van der Waals surface area (Å²) >= 11 is 3.36. The molecule has 0 saturated heterocycles. The largest absolute Gasteiger partial charge is 0.494 e. The first-order valence-electron chi connectivity index (χ1n) is 6.23. The summed E-state index contributed by atoms with van der Waals surface area (Å²) in [5, 5.41) is 3.30. The monoisotopic (exact) mass is 338 g/mol. The van der Waals surface area contributed by atoms with E-state index < -0.39 is 0 Å². The zero-order valence-corrected chi connectivity index (χ0v) is 13.2. The van der Waals surface area contributed by atoms with Gasteiger partial charge >= 0.3 is 0 Å². The van der Waals surface area contributed by atoms with Crippen LogP contribution in [-0.4, -0.2) is 12.1 Å². The van der Waals surface area contributed by atoms with Gasteiger partial charge in [0.25, 0.3) is 0 Å². The van der Waals surface area contributed by atoms with Crippen molar-refractivity contribution >= 4 is 21.6 Å². The number of benzene rings is 1. The fraction of sp³-hybridized carbons (Fsp3) is 0.267. The van der Waals surface area contributed by atoms with E-state index in [2.05, 4.69) is 26.2 Å². The van der Waals surface area contributed by atoms with E-state index in [0.29, 0.717) is 0 Å². The van der Waals surface area contributed by atoms with E-state index in [1.807, 2.05) is 26.0 Å². The molecule has 0 radical (unpaired) electrons. The fourth-order valence-corrected chi connectivity index (χ4v) is 2.14. The first-order valence-corrected chi connectivity index (χ1v) is 7.02. The number of aryl methyl sites for hydroxylation is 1. The average Bonchev–Trinajstić information content (AvgIpc) is 2.42. The maximum Gasteiger partial charge on any atom is 0.165 e. The predicted octanol–water partition coefficient (Wildman–Crippen LogP) is 4.47. The molecule has 20 heavy (non-hydrogen) atoms. The van der Waals surface area contributed by atoms with Crippen molar-refractivity contribution in [3.63, 3.8) is 0 Å². The van der Waals surface area contributed by atoms with Crippen LogP contribution in [0.1, 0.15) is 24.1 Å². The van der Waals surface area contributed by atoms with Gasteiger partial charge in [-0.3, -0.25) is 0 Å². The lowest BCUT2D eigenvalue weighted by Crippen LogP contribution is -2.07. The summed E-state index contributed by atoms with van der Waals surface area (Å²) in [5.41, 5.74) is 2.79. The molecule has 1 unspecified atom stereocenters. The molecule has 0 aliphatic heterocycles. The van der Waals surface area contributed by atoms with Gasteiger partial charge in [-0.25, -0.2) is 9.37 Å². The minimum Gasteiger partial charge on any atom is -0.494 e. The van der Waals surface area contributed by atoms with Crippen LogP contribution >= 0.6 is 15.9 Å². The van der Waals surface area contributed by atoms with E-state index in [9.17, 15) is 4.39 Å². The Morgan fingerprint density at radius 1 is 1.35 bits per heavy atom. The molecule has 3 nitrogen and oxygen atoms in total. The molecule has 1 aromatic carbocycles. The van der Waals surface area contributed by atoms with Gasteiger partial charge in [-0.2, -0.15) is 0 Å². The Labute approximate surface area is 126 Å². The maximum atomic E-state index is 13.7. The Morgan fingerprint density at radius 2 is 2.10 bits per heavy atom. The number of halogens is 2. The molecule has 1 aromatic heterocycles. The van der Waals surface area contributed by atoms with E-state index in [-0.39, 0.29) is 17.6 Å². The van der Waals surface area contributed by atoms with Crippen LogP contribution in [0.15, 0.2) is 35.1 Å². The van der Waals surface area contributed by atoms with Crippen molar-refractivity contribution in [2.75, 3.05) is 12.4 Å². The summed E-state index contributed by atoms with van der Waals surface area (Å²) in [7, 11) is 1.45. The highest BCUT2D eigenvalue weighted by Crippen LogP contribution is 2.25. The second-order valence-electron chi connectivity index (χ2n) is 4.59. The summed E-state index contributed by atoms with van der Waals surface area (Å²) in [6, 6.07) is 6.92. The molecule has 1 heterocycles. The topological polar surface area (TPSA) is 34.1 Å². The van der Waals surface area contributed by atoms with Crippen LogP contribution in [0.2, 0.25) is 0 Å². The first-order chi connectivity index (χ1) is 9.51. The lowest BCUT2D eigenvalue weighted by atomic mass is 10.1. The summed E-state index contributed by atoms with van der Waals surface area (Å²) in [6.45, 7) is 3.94. The molecule has 0 bridgehead atoms. The Morgan fingerprint density at radius 3 is 2.70 bits per heavy atom. The normalized spacial score (nSPS) is 12.1. The standard InChI is InChI=1S/C15H16BrFN2O/c1-9-6-12(8-18-15(9)16)19-10(2)11-4-5-14(20-3)13(17)7-11/h4-8,10,19H,1-3H3. The third-order valence-corrected chi connectivity index (χ3v) is 3.90. The highest BCUT2D eigenvalue weighted by Gasteiger charge is 2.10. The number of anilines is 1. The van der Waals surface area contributed by atoms with E-state index >= 15 is 0 Å². The second-order valence-corrected chi connectivity index (χ2v) is 5.34. The van der Waals surface area contributed by atoms with Crippen molar-refractivity contribution in [1.29, 1.82) is 0 Å². The number of hydrogen-bond acceptors (Lipinski definition) is 3. The number of pyridine rings is 1. The number of aromatic nitrogens is 1. The predicted molar refractivity (Wildman–Crippen MR) is 81.7 cm³/mol. The van der Waals surface area contributed by atoms with E-state index in [1.54, 1.807) is 12.3 Å². The second kappa shape index (κ2) is 6.22. The Kier molecular flexibility index (Phi) is 4.60. The van der Waals surface area contributed by atoms with E-state index in [4.69, 9.17) is 4.74 Å². The maximum absolute atomic E-state index is 13.7. The van der Waals surface area contributed by atoms with E-state index in [0.717, 1.165) is 21.4 Å². The molecule has 0 fully saturated rings. The summed E-state index contributed by atoms with van der Waals surface area (Å²) in [6.07, 6.45) is 1.74. The van der Waals surface area contributed by atoms with Crippen LogP contribution < -0.4 is 10.1 Å².